The standard InChI is InChI=1S/C22H32N4O5Si/c1-5-15(19(27)21-24-16-8-6-7-9-18(16)31-21)23-20(28)17(14-32(2,3)4)25-22(29)26-10-12-30-13-11-26/h6-9,15,17H,5,10-14H2,1-4H3,(H,23,28)(H,25,29)/t15-,17+/m0/s1. The number of oxazole rings is 1. The number of ketones is 1. The van der Waals surface area contributed by atoms with Crippen LogP contribution in [0.25, 0.3) is 11.1 Å². The van der Waals surface area contributed by atoms with Crippen molar-refractivity contribution in [2.45, 2.75) is 51.1 Å². The van der Waals surface area contributed by atoms with Gasteiger partial charge in [0.15, 0.2) is 5.58 Å². The summed E-state index contributed by atoms with van der Waals surface area (Å²) in [5.74, 6) is -0.786. The first-order valence-corrected chi connectivity index (χ1v) is 14.7. The smallest absolute Gasteiger partial charge is 0.318 e. The number of rotatable bonds is 8. The second-order valence-electron chi connectivity index (χ2n) is 9.19. The van der Waals surface area contributed by atoms with Crippen molar-refractivity contribution in [2.24, 2.45) is 0 Å². The number of para-hydroxylation sites is 2. The summed E-state index contributed by atoms with van der Waals surface area (Å²) < 4.78 is 10.9. The van der Waals surface area contributed by atoms with Crippen molar-refractivity contribution < 1.29 is 23.5 Å². The number of benzene rings is 1. The number of nitrogens with zero attached hydrogens (tertiary/aromatic N) is 2. The highest BCUT2D eigenvalue weighted by Crippen LogP contribution is 2.17. The average molecular weight is 461 g/mol. The fourth-order valence-corrected chi connectivity index (χ4v) is 5.09. The summed E-state index contributed by atoms with van der Waals surface area (Å²) in [5, 5.41) is 5.69. The van der Waals surface area contributed by atoms with Gasteiger partial charge in [0.05, 0.1) is 19.3 Å². The molecule has 1 aromatic carbocycles. The summed E-state index contributed by atoms with van der Waals surface area (Å²) in [7, 11) is -1.71. The Labute approximate surface area is 188 Å². The predicted octanol–water partition coefficient (Wildman–Crippen LogP) is 2.65. The molecule has 0 saturated carbocycles. The Balaban J connectivity index is 1.71. The van der Waals surface area contributed by atoms with Crippen molar-refractivity contribution in [2.75, 3.05) is 26.3 Å². The first-order valence-electron chi connectivity index (χ1n) is 11.0. The summed E-state index contributed by atoms with van der Waals surface area (Å²) in [4.78, 5) is 44.8. The van der Waals surface area contributed by atoms with E-state index in [2.05, 4.69) is 35.3 Å². The number of fused-ring (bicyclic) bond motifs is 1. The lowest BCUT2D eigenvalue weighted by Crippen LogP contribution is -2.57. The minimum Gasteiger partial charge on any atom is -0.434 e. The number of carbonyl (C=O) groups is 3. The molecular weight excluding hydrogens is 428 g/mol. The van der Waals surface area contributed by atoms with Crippen LogP contribution < -0.4 is 10.6 Å². The molecule has 1 aliphatic rings. The van der Waals surface area contributed by atoms with Gasteiger partial charge in [-0.15, -0.1) is 0 Å². The molecule has 0 aliphatic carbocycles. The molecule has 2 heterocycles. The van der Waals surface area contributed by atoms with Gasteiger partial charge in [-0.05, 0) is 24.6 Å². The van der Waals surface area contributed by atoms with Crippen molar-refractivity contribution in [1.82, 2.24) is 20.5 Å². The summed E-state index contributed by atoms with van der Waals surface area (Å²) in [5.41, 5.74) is 1.11. The van der Waals surface area contributed by atoms with Gasteiger partial charge in [-0.25, -0.2) is 9.78 Å². The van der Waals surface area contributed by atoms with Gasteiger partial charge in [-0.2, -0.15) is 0 Å². The Morgan fingerprint density at radius 1 is 1.09 bits per heavy atom. The molecule has 10 heteroatoms. The Morgan fingerprint density at radius 3 is 2.41 bits per heavy atom. The molecule has 1 fully saturated rings. The van der Waals surface area contributed by atoms with Gasteiger partial charge in [0.2, 0.25) is 11.7 Å². The topological polar surface area (TPSA) is 114 Å². The molecule has 2 aromatic rings. The normalized spacial score (nSPS) is 16.4. The molecule has 0 unspecified atom stereocenters. The van der Waals surface area contributed by atoms with Crippen LogP contribution >= 0.6 is 0 Å². The molecule has 174 valence electrons. The lowest BCUT2D eigenvalue weighted by molar-refractivity contribution is -0.123. The van der Waals surface area contributed by atoms with E-state index in [1.54, 1.807) is 23.1 Å². The van der Waals surface area contributed by atoms with Crippen LogP contribution in [-0.4, -0.2) is 74.1 Å². The monoisotopic (exact) mass is 460 g/mol. The van der Waals surface area contributed by atoms with Gasteiger partial charge in [-0.1, -0.05) is 38.7 Å². The highest BCUT2D eigenvalue weighted by Gasteiger charge is 2.32. The van der Waals surface area contributed by atoms with Crippen molar-refractivity contribution in [3.8, 4) is 0 Å². The highest BCUT2D eigenvalue weighted by molar-refractivity contribution is 6.76. The number of hydrogen-bond acceptors (Lipinski definition) is 6. The van der Waals surface area contributed by atoms with E-state index >= 15 is 0 Å². The van der Waals surface area contributed by atoms with Gasteiger partial charge in [0.25, 0.3) is 5.89 Å². The van der Waals surface area contributed by atoms with Crippen molar-refractivity contribution in [3.05, 3.63) is 30.2 Å². The Bertz CT molecular complexity index is 932. The number of aromatic nitrogens is 1. The summed E-state index contributed by atoms with van der Waals surface area (Å²) in [6.45, 7) is 10.1. The zero-order valence-corrected chi connectivity index (χ0v) is 20.1. The average Bonchev–Trinajstić information content (AvgIpc) is 3.20. The molecular formula is C22H32N4O5Si. The zero-order valence-electron chi connectivity index (χ0n) is 19.1. The maximum atomic E-state index is 13.2. The van der Waals surface area contributed by atoms with E-state index < -0.39 is 20.2 Å². The second-order valence-corrected chi connectivity index (χ2v) is 14.7. The van der Waals surface area contributed by atoms with Crippen LogP contribution in [-0.2, 0) is 9.53 Å². The quantitative estimate of drug-likeness (QED) is 0.462. The van der Waals surface area contributed by atoms with Crippen LogP contribution in [0.3, 0.4) is 0 Å². The van der Waals surface area contributed by atoms with E-state index in [4.69, 9.17) is 9.15 Å². The fraction of sp³-hybridized carbons (Fsp3) is 0.545. The zero-order chi connectivity index (χ0) is 23.3. The first kappa shape index (κ1) is 23.9. The molecule has 2 N–H and O–H groups in total. The Kier molecular flexibility index (Phi) is 7.67. The fourth-order valence-electron chi connectivity index (χ4n) is 3.58. The SMILES string of the molecule is CC[C@H](NC(=O)[C@@H](C[Si](C)(C)C)NC(=O)N1CCOCC1)C(=O)c1nc2ccccc2o1. The number of urea groups is 1. The van der Waals surface area contributed by atoms with Crippen LogP contribution in [0.5, 0.6) is 0 Å². The number of nitrogens with one attached hydrogen (secondary N) is 2. The Morgan fingerprint density at radius 2 is 1.78 bits per heavy atom. The second kappa shape index (κ2) is 10.3. The van der Waals surface area contributed by atoms with E-state index in [0.717, 1.165) is 0 Å². The molecule has 0 radical (unpaired) electrons. The van der Waals surface area contributed by atoms with Gasteiger partial charge in [0, 0.05) is 21.2 Å². The number of Topliss-reactive ketones (excluding diaryl/α,β-unsaturated/α-hetero) is 1. The molecule has 0 bridgehead atoms. The van der Waals surface area contributed by atoms with Crippen LogP contribution in [0.4, 0.5) is 4.79 Å². The third kappa shape index (κ3) is 6.16. The number of hydrogen-bond donors (Lipinski definition) is 2. The molecule has 3 amide bonds. The van der Waals surface area contributed by atoms with Gasteiger partial charge in [-0.3, -0.25) is 9.59 Å². The van der Waals surface area contributed by atoms with Crippen LogP contribution in [0.15, 0.2) is 28.7 Å². The van der Waals surface area contributed by atoms with E-state index in [1.807, 2.05) is 13.0 Å². The van der Waals surface area contributed by atoms with Crippen LogP contribution in [0.2, 0.25) is 25.7 Å². The third-order valence-electron chi connectivity index (χ3n) is 5.27. The van der Waals surface area contributed by atoms with E-state index in [-0.39, 0.29) is 23.6 Å². The van der Waals surface area contributed by atoms with E-state index in [9.17, 15) is 14.4 Å². The van der Waals surface area contributed by atoms with Crippen molar-refractivity contribution in [3.63, 3.8) is 0 Å². The number of ether oxygens (including phenoxy) is 1. The van der Waals surface area contributed by atoms with Crippen molar-refractivity contribution >= 4 is 36.9 Å². The molecule has 32 heavy (non-hydrogen) atoms. The molecule has 9 nitrogen and oxygen atoms in total. The number of morpholine rings is 1. The van der Waals surface area contributed by atoms with Gasteiger partial charge < -0.3 is 24.7 Å². The lowest BCUT2D eigenvalue weighted by atomic mass is 10.1. The van der Waals surface area contributed by atoms with Crippen molar-refractivity contribution in [1.29, 1.82) is 0 Å². The van der Waals surface area contributed by atoms with E-state index in [0.29, 0.717) is 49.9 Å². The maximum Gasteiger partial charge on any atom is 0.318 e. The summed E-state index contributed by atoms with van der Waals surface area (Å²) in [6, 6.07) is 5.88. The van der Waals surface area contributed by atoms with Gasteiger partial charge in [0.1, 0.15) is 11.6 Å². The minimum atomic E-state index is -1.71. The maximum absolute atomic E-state index is 13.2. The highest BCUT2D eigenvalue weighted by atomic mass is 28.3. The summed E-state index contributed by atoms with van der Waals surface area (Å²) >= 11 is 0. The number of amides is 3. The van der Waals surface area contributed by atoms with Crippen LogP contribution in [0.1, 0.15) is 24.0 Å². The van der Waals surface area contributed by atoms with E-state index in [1.165, 1.54) is 0 Å². The van der Waals surface area contributed by atoms with Crippen LogP contribution in [0, 0.1) is 0 Å². The lowest BCUT2D eigenvalue weighted by Gasteiger charge is -2.31. The molecule has 3 rings (SSSR count). The number of carbonyl (C=O) groups excluding carboxylic acids is 3. The molecule has 1 aliphatic heterocycles. The minimum absolute atomic E-state index is 0.0301. The third-order valence-corrected chi connectivity index (χ3v) is 6.91. The first-order chi connectivity index (χ1) is 15.2. The molecule has 2 atom stereocenters. The molecule has 1 saturated heterocycles. The molecule has 1 aromatic heterocycles. The largest absolute Gasteiger partial charge is 0.434 e. The predicted molar refractivity (Wildman–Crippen MR) is 123 cm³/mol. The Hall–Kier alpha value is -2.72. The van der Waals surface area contributed by atoms with Gasteiger partial charge >= 0.3 is 6.03 Å². The summed E-state index contributed by atoms with van der Waals surface area (Å²) in [6.07, 6.45) is 0.375. The molecule has 0 spiro atoms.